The average molecular weight is 306 g/mol. The summed E-state index contributed by atoms with van der Waals surface area (Å²) in [5.74, 6) is 0.581. The number of hydrogen-bond donors (Lipinski definition) is 2. The fourth-order valence-corrected chi connectivity index (χ4v) is 2.43. The molecule has 0 aromatic heterocycles. The first kappa shape index (κ1) is 16.9. The van der Waals surface area contributed by atoms with Gasteiger partial charge in [0.1, 0.15) is 0 Å². The van der Waals surface area contributed by atoms with Crippen molar-refractivity contribution in [2.24, 2.45) is 11.7 Å². The second-order valence-electron chi connectivity index (χ2n) is 5.64. The van der Waals surface area contributed by atoms with Gasteiger partial charge in [0.15, 0.2) is 0 Å². The van der Waals surface area contributed by atoms with Crippen molar-refractivity contribution in [2.75, 3.05) is 33.0 Å². The van der Waals surface area contributed by atoms with Crippen molar-refractivity contribution in [2.45, 2.75) is 25.8 Å². The summed E-state index contributed by atoms with van der Waals surface area (Å²) in [7, 11) is 0. The number of carbonyl (C=O) groups is 1. The quantitative estimate of drug-likeness (QED) is 0.717. The monoisotopic (exact) mass is 306 g/mol. The third-order valence-corrected chi connectivity index (χ3v) is 3.90. The molecule has 0 radical (unpaired) electrons. The van der Waals surface area contributed by atoms with Gasteiger partial charge in [-0.15, -0.1) is 0 Å². The van der Waals surface area contributed by atoms with Crippen LogP contribution in [0.4, 0.5) is 0 Å². The van der Waals surface area contributed by atoms with Crippen molar-refractivity contribution in [3.05, 3.63) is 35.4 Å². The average Bonchev–Trinajstić information content (AvgIpc) is 2.58. The van der Waals surface area contributed by atoms with Gasteiger partial charge in [-0.3, -0.25) is 4.79 Å². The lowest BCUT2D eigenvalue weighted by atomic mass is 10.0. The maximum atomic E-state index is 11.9. The maximum absolute atomic E-state index is 11.9. The van der Waals surface area contributed by atoms with Crippen LogP contribution in [0, 0.1) is 5.92 Å². The minimum Gasteiger partial charge on any atom is -0.381 e. The highest BCUT2D eigenvalue weighted by atomic mass is 16.5. The van der Waals surface area contributed by atoms with Crippen molar-refractivity contribution in [3.8, 4) is 0 Å². The molecule has 3 N–H and O–H groups in total. The summed E-state index contributed by atoms with van der Waals surface area (Å²) in [4.78, 5) is 11.9. The maximum Gasteiger partial charge on any atom is 0.251 e. The minimum absolute atomic E-state index is 0.0481. The molecule has 1 aliphatic heterocycles. The molecule has 1 aromatic carbocycles. The molecule has 0 unspecified atom stereocenters. The van der Waals surface area contributed by atoms with Crippen LogP contribution in [0.3, 0.4) is 0 Å². The zero-order valence-corrected chi connectivity index (χ0v) is 13.1. The molecule has 122 valence electrons. The van der Waals surface area contributed by atoms with E-state index in [4.69, 9.17) is 15.2 Å². The number of nitrogens with two attached hydrogens (primary N) is 1. The SMILES string of the molecule is NCc1ccc(C(=O)NCCCOCC2CCOCC2)cc1. The lowest BCUT2D eigenvalue weighted by Crippen LogP contribution is -2.26. The van der Waals surface area contributed by atoms with Crippen LogP contribution in [0.15, 0.2) is 24.3 Å². The Hall–Kier alpha value is -1.43. The lowest BCUT2D eigenvalue weighted by molar-refractivity contribution is 0.0202. The van der Waals surface area contributed by atoms with Gasteiger partial charge in [-0.2, -0.15) is 0 Å². The Morgan fingerprint density at radius 2 is 2.00 bits per heavy atom. The molecule has 0 atom stereocenters. The van der Waals surface area contributed by atoms with Gasteiger partial charge >= 0.3 is 0 Å². The second-order valence-corrected chi connectivity index (χ2v) is 5.64. The molecule has 0 spiro atoms. The van der Waals surface area contributed by atoms with E-state index in [0.717, 1.165) is 44.6 Å². The first-order chi connectivity index (χ1) is 10.8. The normalized spacial score (nSPS) is 15.7. The highest BCUT2D eigenvalue weighted by Gasteiger charge is 2.13. The van der Waals surface area contributed by atoms with E-state index in [1.54, 1.807) is 12.1 Å². The summed E-state index contributed by atoms with van der Waals surface area (Å²) in [6, 6.07) is 7.37. The highest BCUT2D eigenvalue weighted by molar-refractivity contribution is 5.94. The summed E-state index contributed by atoms with van der Waals surface area (Å²) < 4.78 is 11.0. The predicted molar refractivity (Wildman–Crippen MR) is 85.6 cm³/mol. The Balaban J connectivity index is 1.54. The van der Waals surface area contributed by atoms with Crippen molar-refractivity contribution < 1.29 is 14.3 Å². The van der Waals surface area contributed by atoms with Gasteiger partial charge in [0.05, 0.1) is 0 Å². The zero-order chi connectivity index (χ0) is 15.6. The Labute approximate surface area is 132 Å². The van der Waals surface area contributed by atoms with Gasteiger partial charge in [0, 0.05) is 45.1 Å². The Kier molecular flexibility index (Phi) is 7.36. The lowest BCUT2D eigenvalue weighted by Gasteiger charge is -2.21. The smallest absolute Gasteiger partial charge is 0.251 e. The Bertz CT molecular complexity index is 442. The van der Waals surface area contributed by atoms with Crippen LogP contribution < -0.4 is 11.1 Å². The molecule has 0 aliphatic carbocycles. The molecule has 1 fully saturated rings. The topological polar surface area (TPSA) is 73.6 Å². The number of hydrogen-bond acceptors (Lipinski definition) is 4. The molecule has 1 aromatic rings. The van der Waals surface area contributed by atoms with Gasteiger partial charge in [-0.1, -0.05) is 12.1 Å². The van der Waals surface area contributed by atoms with Crippen molar-refractivity contribution in [1.82, 2.24) is 5.32 Å². The minimum atomic E-state index is -0.0481. The predicted octanol–water partition coefficient (Wildman–Crippen LogP) is 1.71. The van der Waals surface area contributed by atoms with Gasteiger partial charge in [0.2, 0.25) is 0 Å². The third kappa shape index (κ3) is 5.75. The number of rotatable bonds is 8. The molecule has 1 heterocycles. The van der Waals surface area contributed by atoms with E-state index in [1.807, 2.05) is 12.1 Å². The number of ether oxygens (including phenoxy) is 2. The number of benzene rings is 1. The van der Waals surface area contributed by atoms with Gasteiger partial charge in [-0.25, -0.2) is 0 Å². The largest absolute Gasteiger partial charge is 0.381 e. The Morgan fingerprint density at radius 3 is 2.68 bits per heavy atom. The summed E-state index contributed by atoms with van der Waals surface area (Å²) in [6.07, 6.45) is 3.01. The molecule has 1 saturated heterocycles. The fourth-order valence-electron chi connectivity index (χ4n) is 2.43. The summed E-state index contributed by atoms with van der Waals surface area (Å²) in [5, 5.41) is 2.90. The molecule has 5 nitrogen and oxygen atoms in total. The molecular weight excluding hydrogens is 280 g/mol. The van der Waals surface area contributed by atoms with Gasteiger partial charge < -0.3 is 20.5 Å². The number of amides is 1. The van der Waals surface area contributed by atoms with E-state index >= 15 is 0 Å². The summed E-state index contributed by atoms with van der Waals surface area (Å²) >= 11 is 0. The second kappa shape index (κ2) is 9.56. The van der Waals surface area contributed by atoms with Gasteiger partial charge in [-0.05, 0) is 42.9 Å². The zero-order valence-electron chi connectivity index (χ0n) is 13.1. The number of nitrogens with one attached hydrogen (secondary N) is 1. The first-order valence-corrected chi connectivity index (χ1v) is 8.02. The van der Waals surface area contributed by atoms with E-state index in [2.05, 4.69) is 5.32 Å². The summed E-state index contributed by atoms with van der Waals surface area (Å²) in [5.41, 5.74) is 7.23. The first-order valence-electron chi connectivity index (χ1n) is 8.02. The fraction of sp³-hybridized carbons (Fsp3) is 0.588. The van der Waals surface area contributed by atoms with Crippen LogP contribution >= 0.6 is 0 Å². The van der Waals surface area contributed by atoms with E-state index in [-0.39, 0.29) is 5.91 Å². The molecule has 1 amide bonds. The van der Waals surface area contributed by atoms with Crippen LogP contribution in [0.5, 0.6) is 0 Å². The number of carbonyl (C=O) groups excluding carboxylic acids is 1. The van der Waals surface area contributed by atoms with Gasteiger partial charge in [0.25, 0.3) is 5.91 Å². The van der Waals surface area contributed by atoms with Crippen molar-refractivity contribution >= 4 is 5.91 Å². The van der Waals surface area contributed by atoms with Crippen LogP contribution in [0.1, 0.15) is 35.2 Å². The van der Waals surface area contributed by atoms with Crippen LogP contribution in [-0.4, -0.2) is 38.9 Å². The molecule has 2 rings (SSSR count). The van der Waals surface area contributed by atoms with E-state index in [1.165, 1.54) is 0 Å². The van der Waals surface area contributed by atoms with E-state index in [9.17, 15) is 4.79 Å². The van der Waals surface area contributed by atoms with E-state index < -0.39 is 0 Å². The third-order valence-electron chi connectivity index (χ3n) is 3.90. The highest BCUT2D eigenvalue weighted by Crippen LogP contribution is 2.14. The van der Waals surface area contributed by atoms with Crippen LogP contribution in [0.25, 0.3) is 0 Å². The molecule has 22 heavy (non-hydrogen) atoms. The molecule has 0 bridgehead atoms. The Morgan fingerprint density at radius 1 is 1.27 bits per heavy atom. The van der Waals surface area contributed by atoms with Crippen LogP contribution in [-0.2, 0) is 16.0 Å². The van der Waals surface area contributed by atoms with Crippen LogP contribution in [0.2, 0.25) is 0 Å². The standard InChI is InChI=1S/C17H26N2O3/c18-12-14-2-4-16(5-3-14)17(20)19-8-1-9-22-13-15-6-10-21-11-7-15/h2-5,15H,1,6-13,18H2,(H,19,20). The molecule has 1 aliphatic rings. The summed E-state index contributed by atoms with van der Waals surface area (Å²) in [6.45, 7) is 4.32. The molecular formula is C17H26N2O3. The molecule has 0 saturated carbocycles. The van der Waals surface area contributed by atoms with Crippen molar-refractivity contribution in [3.63, 3.8) is 0 Å². The van der Waals surface area contributed by atoms with E-state index in [0.29, 0.717) is 31.2 Å². The van der Waals surface area contributed by atoms with Crippen molar-refractivity contribution in [1.29, 1.82) is 0 Å². The molecule has 5 heteroatoms.